The number of rotatable bonds is 7. The van der Waals surface area contributed by atoms with E-state index < -0.39 is 0 Å². The summed E-state index contributed by atoms with van der Waals surface area (Å²) in [5.74, 6) is 1.37. The van der Waals surface area contributed by atoms with E-state index in [0.717, 1.165) is 11.1 Å². The lowest BCUT2D eigenvalue weighted by atomic mass is 10.1. The highest BCUT2D eigenvalue weighted by atomic mass is 35.5. The Bertz CT molecular complexity index is 749. The van der Waals surface area contributed by atoms with Crippen molar-refractivity contribution < 1.29 is 14.3 Å². The molecule has 2 aromatic rings. The largest absolute Gasteiger partial charge is 0.497 e. The van der Waals surface area contributed by atoms with Crippen LogP contribution in [0.4, 0.5) is 0 Å². The minimum absolute atomic E-state index is 0.0524. The molecule has 0 heterocycles. The van der Waals surface area contributed by atoms with Gasteiger partial charge in [0, 0.05) is 12.0 Å². The Morgan fingerprint density at radius 3 is 2.48 bits per heavy atom. The zero-order chi connectivity index (χ0) is 18.4. The van der Waals surface area contributed by atoms with E-state index >= 15 is 0 Å². The first-order chi connectivity index (χ1) is 11.9. The first kappa shape index (κ1) is 19.4. The van der Waals surface area contributed by atoms with Gasteiger partial charge >= 0.3 is 0 Å². The van der Waals surface area contributed by atoms with Crippen molar-refractivity contribution in [2.75, 3.05) is 14.2 Å². The number of carbonyl (C=O) groups excluding carboxylic acids is 1. The smallest absolute Gasteiger partial charge is 0.220 e. The first-order valence-corrected chi connectivity index (χ1v) is 8.65. The summed E-state index contributed by atoms with van der Waals surface area (Å²) in [6.07, 6.45) is 0.944. The van der Waals surface area contributed by atoms with Gasteiger partial charge in [-0.3, -0.25) is 4.79 Å². The van der Waals surface area contributed by atoms with Gasteiger partial charge in [0.15, 0.2) is 0 Å². The molecule has 1 atom stereocenters. The molecule has 0 saturated carbocycles. The van der Waals surface area contributed by atoms with E-state index in [1.165, 1.54) is 0 Å². The summed E-state index contributed by atoms with van der Waals surface area (Å²) < 4.78 is 10.6. The number of hydrogen-bond donors (Lipinski definition) is 1. The molecule has 6 heteroatoms. The number of methoxy groups -OCH3 is 2. The Kier molecular flexibility index (Phi) is 6.97. The molecule has 134 valence electrons. The molecule has 1 amide bonds. The standard InChI is InChI=1S/C19H21Cl2NO3/c1-12(15-11-14(24-2)6-8-18(15)25-3)22-19(23)9-5-13-4-7-16(20)17(21)10-13/h4,6-8,10-12H,5,9H2,1-3H3,(H,22,23)/t12-/m0/s1. The molecule has 0 radical (unpaired) electrons. The predicted octanol–water partition coefficient (Wildman–Crippen LogP) is 4.82. The van der Waals surface area contributed by atoms with E-state index in [9.17, 15) is 4.79 Å². The van der Waals surface area contributed by atoms with E-state index in [2.05, 4.69) is 5.32 Å². The molecule has 0 unspecified atom stereocenters. The van der Waals surface area contributed by atoms with Crippen LogP contribution in [0.3, 0.4) is 0 Å². The van der Waals surface area contributed by atoms with Crippen LogP contribution in [-0.2, 0) is 11.2 Å². The molecule has 0 aromatic heterocycles. The van der Waals surface area contributed by atoms with Crippen LogP contribution < -0.4 is 14.8 Å². The molecule has 0 aliphatic heterocycles. The van der Waals surface area contributed by atoms with Gasteiger partial charge in [-0.1, -0.05) is 29.3 Å². The topological polar surface area (TPSA) is 47.6 Å². The predicted molar refractivity (Wildman–Crippen MR) is 101 cm³/mol. The molecule has 2 aromatic carbocycles. The second kappa shape index (κ2) is 8.97. The van der Waals surface area contributed by atoms with E-state index in [1.807, 2.05) is 31.2 Å². The van der Waals surface area contributed by atoms with Crippen LogP contribution in [0, 0.1) is 0 Å². The maximum absolute atomic E-state index is 12.3. The average Bonchev–Trinajstić information content (AvgIpc) is 2.62. The first-order valence-electron chi connectivity index (χ1n) is 7.89. The summed E-state index contributed by atoms with van der Waals surface area (Å²) >= 11 is 11.9. The third-order valence-corrected chi connectivity index (χ3v) is 4.64. The van der Waals surface area contributed by atoms with Gasteiger partial charge < -0.3 is 14.8 Å². The van der Waals surface area contributed by atoms with Crippen molar-refractivity contribution >= 4 is 29.1 Å². The van der Waals surface area contributed by atoms with E-state index in [0.29, 0.717) is 34.4 Å². The van der Waals surface area contributed by atoms with Crippen molar-refractivity contribution in [2.45, 2.75) is 25.8 Å². The van der Waals surface area contributed by atoms with Gasteiger partial charge in [-0.05, 0) is 49.2 Å². The molecule has 0 saturated heterocycles. The molecular formula is C19H21Cl2NO3. The number of carbonyl (C=O) groups is 1. The monoisotopic (exact) mass is 381 g/mol. The van der Waals surface area contributed by atoms with Crippen molar-refractivity contribution in [1.29, 1.82) is 0 Å². The Hall–Kier alpha value is -1.91. The van der Waals surface area contributed by atoms with Crippen LogP contribution in [0.1, 0.15) is 30.5 Å². The summed E-state index contributed by atoms with van der Waals surface area (Å²) in [7, 11) is 3.20. The number of aryl methyl sites for hydroxylation is 1. The Labute approximate surface area is 158 Å². The highest BCUT2D eigenvalue weighted by Gasteiger charge is 2.15. The Morgan fingerprint density at radius 1 is 1.08 bits per heavy atom. The van der Waals surface area contributed by atoms with Gasteiger partial charge in [0.1, 0.15) is 11.5 Å². The number of ether oxygens (including phenoxy) is 2. The maximum Gasteiger partial charge on any atom is 0.220 e. The van der Waals surface area contributed by atoms with Crippen molar-refractivity contribution in [3.05, 3.63) is 57.6 Å². The molecule has 0 aliphatic carbocycles. The molecule has 2 rings (SSSR count). The lowest BCUT2D eigenvalue weighted by molar-refractivity contribution is -0.121. The third-order valence-electron chi connectivity index (χ3n) is 3.91. The van der Waals surface area contributed by atoms with Crippen molar-refractivity contribution in [3.63, 3.8) is 0 Å². The number of nitrogens with one attached hydrogen (secondary N) is 1. The molecule has 25 heavy (non-hydrogen) atoms. The van der Waals surface area contributed by atoms with Crippen LogP contribution in [0.5, 0.6) is 11.5 Å². The van der Waals surface area contributed by atoms with Gasteiger partial charge in [-0.2, -0.15) is 0 Å². The van der Waals surface area contributed by atoms with Crippen LogP contribution in [-0.4, -0.2) is 20.1 Å². The summed E-state index contributed by atoms with van der Waals surface area (Å²) in [4.78, 5) is 12.3. The number of hydrogen-bond acceptors (Lipinski definition) is 3. The highest BCUT2D eigenvalue weighted by molar-refractivity contribution is 6.42. The number of benzene rings is 2. The average molecular weight is 382 g/mol. The Balaban J connectivity index is 1.99. The van der Waals surface area contributed by atoms with Crippen LogP contribution in [0.15, 0.2) is 36.4 Å². The molecule has 0 fully saturated rings. The molecule has 4 nitrogen and oxygen atoms in total. The van der Waals surface area contributed by atoms with Crippen molar-refractivity contribution in [1.82, 2.24) is 5.32 Å². The molecule has 0 bridgehead atoms. The lowest BCUT2D eigenvalue weighted by Gasteiger charge is -2.18. The number of halogens is 2. The number of amides is 1. The van der Waals surface area contributed by atoms with Gasteiger partial charge in [0.25, 0.3) is 0 Å². The van der Waals surface area contributed by atoms with E-state index in [-0.39, 0.29) is 11.9 Å². The minimum Gasteiger partial charge on any atom is -0.497 e. The zero-order valence-electron chi connectivity index (χ0n) is 14.4. The normalized spacial score (nSPS) is 11.7. The molecule has 0 spiro atoms. The van der Waals surface area contributed by atoms with Gasteiger partial charge in [0.05, 0.1) is 30.3 Å². The summed E-state index contributed by atoms with van der Waals surface area (Å²) in [6.45, 7) is 1.91. The highest BCUT2D eigenvalue weighted by Crippen LogP contribution is 2.29. The Morgan fingerprint density at radius 2 is 1.84 bits per heavy atom. The molecule has 0 aliphatic rings. The van der Waals surface area contributed by atoms with Crippen LogP contribution in [0.2, 0.25) is 10.0 Å². The quantitative estimate of drug-likeness (QED) is 0.747. The SMILES string of the molecule is COc1ccc(OC)c([C@H](C)NC(=O)CCc2ccc(Cl)c(Cl)c2)c1. The van der Waals surface area contributed by atoms with E-state index in [4.69, 9.17) is 32.7 Å². The molecule has 1 N–H and O–H groups in total. The van der Waals surface area contributed by atoms with Crippen LogP contribution >= 0.6 is 23.2 Å². The fourth-order valence-corrected chi connectivity index (χ4v) is 2.84. The van der Waals surface area contributed by atoms with Crippen molar-refractivity contribution in [3.8, 4) is 11.5 Å². The second-order valence-corrected chi connectivity index (χ2v) is 6.46. The third kappa shape index (κ3) is 5.28. The maximum atomic E-state index is 12.3. The summed E-state index contributed by atoms with van der Waals surface area (Å²) in [5, 5.41) is 3.99. The van der Waals surface area contributed by atoms with E-state index in [1.54, 1.807) is 26.4 Å². The zero-order valence-corrected chi connectivity index (χ0v) is 15.9. The van der Waals surface area contributed by atoms with Gasteiger partial charge in [-0.25, -0.2) is 0 Å². The lowest BCUT2D eigenvalue weighted by Crippen LogP contribution is -2.27. The summed E-state index contributed by atoms with van der Waals surface area (Å²) in [6, 6.07) is 10.7. The fraction of sp³-hybridized carbons (Fsp3) is 0.316. The van der Waals surface area contributed by atoms with Crippen LogP contribution in [0.25, 0.3) is 0 Å². The summed E-state index contributed by atoms with van der Waals surface area (Å²) in [5.41, 5.74) is 1.83. The minimum atomic E-state index is -0.202. The molecular weight excluding hydrogens is 361 g/mol. The second-order valence-electron chi connectivity index (χ2n) is 5.65. The van der Waals surface area contributed by atoms with Gasteiger partial charge in [-0.15, -0.1) is 0 Å². The van der Waals surface area contributed by atoms with Gasteiger partial charge in [0.2, 0.25) is 5.91 Å². The van der Waals surface area contributed by atoms with Crippen molar-refractivity contribution in [2.24, 2.45) is 0 Å². The fourth-order valence-electron chi connectivity index (χ4n) is 2.52.